The number of fused-ring (bicyclic) bond motifs is 1. The molecule has 0 radical (unpaired) electrons. The van der Waals surface area contributed by atoms with Crippen LogP contribution in [-0.2, 0) is 9.53 Å². The van der Waals surface area contributed by atoms with Gasteiger partial charge in [0.25, 0.3) is 5.91 Å². The average Bonchev–Trinajstić information content (AvgIpc) is 2.92. The SMILES string of the molecule is Cc1cc(C(=O)OCC(=O)N2CC[C@@H](C)Sc3ccccc32)on1. The molecular formula is C17H18N2O4S. The number of hydrogen-bond acceptors (Lipinski definition) is 6. The molecule has 1 amide bonds. The number of aryl methyl sites for hydroxylation is 1. The van der Waals surface area contributed by atoms with Crippen molar-refractivity contribution in [3.05, 3.63) is 41.8 Å². The molecule has 7 heteroatoms. The number of benzene rings is 1. The zero-order valence-corrected chi connectivity index (χ0v) is 14.3. The lowest BCUT2D eigenvalue weighted by molar-refractivity contribution is -0.121. The number of hydrogen-bond donors (Lipinski definition) is 0. The lowest BCUT2D eigenvalue weighted by Gasteiger charge is -2.22. The maximum absolute atomic E-state index is 12.6. The molecule has 2 heterocycles. The highest BCUT2D eigenvalue weighted by Crippen LogP contribution is 2.37. The largest absolute Gasteiger partial charge is 0.450 e. The number of amides is 1. The summed E-state index contributed by atoms with van der Waals surface area (Å²) in [5.74, 6) is -0.933. The highest BCUT2D eigenvalue weighted by Gasteiger charge is 2.25. The third-order valence-electron chi connectivity index (χ3n) is 3.70. The summed E-state index contributed by atoms with van der Waals surface area (Å²) in [6, 6.07) is 9.26. The first-order chi connectivity index (χ1) is 11.5. The van der Waals surface area contributed by atoms with E-state index in [1.54, 1.807) is 23.6 Å². The van der Waals surface area contributed by atoms with Gasteiger partial charge in [0.05, 0.1) is 11.4 Å². The topological polar surface area (TPSA) is 72.6 Å². The van der Waals surface area contributed by atoms with Crippen molar-refractivity contribution in [2.45, 2.75) is 30.4 Å². The number of para-hydroxylation sites is 1. The van der Waals surface area contributed by atoms with Gasteiger partial charge in [-0.15, -0.1) is 11.8 Å². The van der Waals surface area contributed by atoms with E-state index in [1.807, 2.05) is 24.3 Å². The Balaban J connectivity index is 1.69. The van der Waals surface area contributed by atoms with Crippen LogP contribution in [0.4, 0.5) is 5.69 Å². The summed E-state index contributed by atoms with van der Waals surface area (Å²) in [5, 5.41) is 4.05. The first-order valence-electron chi connectivity index (χ1n) is 7.71. The van der Waals surface area contributed by atoms with Gasteiger partial charge in [-0.05, 0) is 25.5 Å². The van der Waals surface area contributed by atoms with Crippen LogP contribution in [-0.4, -0.2) is 35.4 Å². The Morgan fingerprint density at radius 3 is 2.96 bits per heavy atom. The minimum Gasteiger partial charge on any atom is -0.450 e. The third-order valence-corrected chi connectivity index (χ3v) is 4.94. The van der Waals surface area contributed by atoms with Crippen molar-refractivity contribution in [1.29, 1.82) is 0 Å². The number of carbonyl (C=O) groups is 2. The standard InChI is InChI=1S/C17H18N2O4S/c1-11-9-14(23-18-11)17(21)22-10-16(20)19-8-7-12(2)24-15-6-4-3-5-13(15)19/h3-6,9,12H,7-8,10H2,1-2H3/t12-/m1/s1. The quantitative estimate of drug-likeness (QED) is 0.796. The van der Waals surface area contributed by atoms with Crippen LogP contribution in [0, 0.1) is 6.92 Å². The van der Waals surface area contributed by atoms with Crippen LogP contribution >= 0.6 is 11.8 Å². The molecule has 1 aromatic heterocycles. The molecule has 0 aliphatic carbocycles. The second-order valence-electron chi connectivity index (χ2n) is 5.64. The van der Waals surface area contributed by atoms with E-state index in [4.69, 9.17) is 9.26 Å². The minimum atomic E-state index is -0.685. The highest BCUT2D eigenvalue weighted by atomic mass is 32.2. The smallest absolute Gasteiger partial charge is 0.377 e. The summed E-state index contributed by atoms with van der Waals surface area (Å²) < 4.78 is 9.91. The molecule has 0 fully saturated rings. The van der Waals surface area contributed by atoms with Gasteiger partial charge in [0, 0.05) is 22.8 Å². The summed E-state index contributed by atoms with van der Waals surface area (Å²) in [6.07, 6.45) is 0.875. The molecule has 0 N–H and O–H groups in total. The number of nitrogens with zero attached hydrogens (tertiary/aromatic N) is 2. The molecular weight excluding hydrogens is 328 g/mol. The lowest BCUT2D eigenvalue weighted by Crippen LogP contribution is -2.35. The molecule has 0 saturated carbocycles. The predicted octanol–water partition coefficient (Wildman–Crippen LogP) is 3.06. The van der Waals surface area contributed by atoms with Crippen molar-refractivity contribution in [3.8, 4) is 0 Å². The van der Waals surface area contributed by atoms with E-state index in [9.17, 15) is 9.59 Å². The van der Waals surface area contributed by atoms with Crippen molar-refractivity contribution in [2.75, 3.05) is 18.1 Å². The van der Waals surface area contributed by atoms with Crippen molar-refractivity contribution in [2.24, 2.45) is 0 Å². The van der Waals surface area contributed by atoms with Crippen molar-refractivity contribution in [3.63, 3.8) is 0 Å². The fraction of sp³-hybridized carbons (Fsp3) is 0.353. The molecule has 1 atom stereocenters. The van der Waals surface area contributed by atoms with Crippen molar-refractivity contribution in [1.82, 2.24) is 5.16 Å². The number of ether oxygens (including phenoxy) is 1. The second kappa shape index (κ2) is 7.09. The van der Waals surface area contributed by atoms with Crippen molar-refractivity contribution >= 4 is 29.3 Å². The van der Waals surface area contributed by atoms with Gasteiger partial charge < -0.3 is 14.2 Å². The monoisotopic (exact) mass is 346 g/mol. The molecule has 6 nitrogen and oxygen atoms in total. The Hall–Kier alpha value is -2.28. The van der Waals surface area contributed by atoms with Crippen LogP contribution < -0.4 is 4.90 Å². The van der Waals surface area contributed by atoms with Crippen LogP contribution in [0.25, 0.3) is 0 Å². The van der Waals surface area contributed by atoms with Gasteiger partial charge in [-0.1, -0.05) is 24.2 Å². The molecule has 3 rings (SSSR count). The average molecular weight is 346 g/mol. The molecule has 1 aliphatic rings. The number of thioether (sulfide) groups is 1. The van der Waals surface area contributed by atoms with E-state index < -0.39 is 5.97 Å². The van der Waals surface area contributed by atoms with Crippen LogP contribution in [0.1, 0.15) is 29.6 Å². The number of aromatic nitrogens is 1. The van der Waals surface area contributed by atoms with E-state index in [1.165, 1.54) is 6.07 Å². The summed E-state index contributed by atoms with van der Waals surface area (Å²) in [4.78, 5) is 27.2. The van der Waals surface area contributed by atoms with Gasteiger partial charge >= 0.3 is 5.97 Å². The Morgan fingerprint density at radius 2 is 2.21 bits per heavy atom. The molecule has 1 aliphatic heterocycles. The minimum absolute atomic E-state index is 0.000689. The van der Waals surface area contributed by atoms with Gasteiger partial charge in [-0.25, -0.2) is 4.79 Å². The van der Waals surface area contributed by atoms with Crippen LogP contribution in [0.5, 0.6) is 0 Å². The fourth-order valence-corrected chi connectivity index (χ4v) is 3.59. The van der Waals surface area contributed by atoms with Crippen LogP contribution in [0.3, 0.4) is 0 Å². The molecule has 0 spiro atoms. The molecule has 24 heavy (non-hydrogen) atoms. The van der Waals surface area contributed by atoms with E-state index in [-0.39, 0.29) is 18.3 Å². The van der Waals surface area contributed by atoms with Crippen LogP contribution in [0.2, 0.25) is 0 Å². The first-order valence-corrected chi connectivity index (χ1v) is 8.59. The van der Waals surface area contributed by atoms with Gasteiger partial charge in [0.1, 0.15) is 0 Å². The van der Waals surface area contributed by atoms with E-state index in [2.05, 4.69) is 12.1 Å². The summed E-state index contributed by atoms with van der Waals surface area (Å²) in [5.41, 5.74) is 1.45. The van der Waals surface area contributed by atoms with Gasteiger partial charge in [-0.2, -0.15) is 0 Å². The Labute approximate surface area is 144 Å². The first kappa shape index (κ1) is 16.6. The Bertz CT molecular complexity index is 759. The number of carbonyl (C=O) groups excluding carboxylic acids is 2. The molecule has 2 aromatic rings. The second-order valence-corrected chi connectivity index (χ2v) is 7.12. The number of anilines is 1. The molecule has 1 aromatic carbocycles. The normalized spacial score (nSPS) is 17.1. The van der Waals surface area contributed by atoms with Crippen molar-refractivity contribution < 1.29 is 18.8 Å². The Morgan fingerprint density at radius 1 is 1.42 bits per heavy atom. The molecule has 126 valence electrons. The lowest BCUT2D eigenvalue weighted by atomic mass is 10.2. The van der Waals surface area contributed by atoms with E-state index in [0.717, 1.165) is 17.0 Å². The maximum atomic E-state index is 12.6. The van der Waals surface area contributed by atoms with Gasteiger partial charge in [0.15, 0.2) is 6.61 Å². The summed E-state index contributed by atoms with van der Waals surface area (Å²) in [6.45, 7) is 4.12. The number of rotatable bonds is 3. The zero-order valence-electron chi connectivity index (χ0n) is 13.5. The zero-order chi connectivity index (χ0) is 17.1. The maximum Gasteiger partial charge on any atom is 0.377 e. The highest BCUT2D eigenvalue weighted by molar-refractivity contribution is 8.00. The van der Waals surface area contributed by atoms with E-state index in [0.29, 0.717) is 17.5 Å². The van der Waals surface area contributed by atoms with E-state index >= 15 is 0 Å². The summed E-state index contributed by atoms with van der Waals surface area (Å²) >= 11 is 1.75. The molecule has 0 bridgehead atoms. The molecule has 0 saturated heterocycles. The third kappa shape index (κ3) is 3.62. The van der Waals surface area contributed by atoms with Gasteiger partial charge in [-0.3, -0.25) is 4.79 Å². The number of esters is 1. The fourth-order valence-electron chi connectivity index (χ4n) is 2.48. The molecule has 0 unspecified atom stereocenters. The van der Waals surface area contributed by atoms with Crippen LogP contribution in [0.15, 0.2) is 39.8 Å². The van der Waals surface area contributed by atoms with Gasteiger partial charge in [0.2, 0.25) is 5.76 Å². The Kier molecular flexibility index (Phi) is 4.89. The summed E-state index contributed by atoms with van der Waals surface area (Å²) in [7, 11) is 0. The predicted molar refractivity (Wildman–Crippen MR) is 90.3 cm³/mol.